The van der Waals surface area contributed by atoms with Crippen molar-refractivity contribution in [3.05, 3.63) is 39.6 Å². The molecule has 0 saturated carbocycles. The Labute approximate surface area is 140 Å². The Morgan fingerprint density at radius 3 is 2.61 bits per heavy atom. The van der Waals surface area contributed by atoms with E-state index in [0.717, 1.165) is 17.7 Å². The zero-order chi connectivity index (χ0) is 16.2. The number of aryl methyl sites for hydroxylation is 2. The number of ether oxygens (including phenoxy) is 2. The molecule has 0 saturated heterocycles. The van der Waals surface area contributed by atoms with E-state index in [2.05, 4.69) is 11.4 Å². The molecule has 4 nitrogen and oxygen atoms in total. The third kappa shape index (κ3) is 3.50. The van der Waals surface area contributed by atoms with Gasteiger partial charge in [-0.2, -0.15) is 0 Å². The lowest BCUT2D eigenvalue weighted by molar-refractivity contribution is 0.103. The third-order valence-corrected chi connectivity index (χ3v) is 5.35. The molecule has 1 aromatic heterocycles. The monoisotopic (exact) mass is 331 g/mol. The average molecular weight is 331 g/mol. The second kappa shape index (κ2) is 7.04. The van der Waals surface area contributed by atoms with Gasteiger partial charge < -0.3 is 14.8 Å². The van der Waals surface area contributed by atoms with Crippen LogP contribution >= 0.6 is 11.3 Å². The van der Waals surface area contributed by atoms with Gasteiger partial charge in [0.2, 0.25) is 0 Å². The number of benzene rings is 1. The Balaban J connectivity index is 1.77. The third-order valence-electron chi connectivity index (χ3n) is 4.11. The maximum absolute atomic E-state index is 12.5. The normalized spacial score (nSPS) is 13.8. The highest BCUT2D eigenvalue weighted by molar-refractivity contribution is 7.14. The summed E-state index contributed by atoms with van der Waals surface area (Å²) in [5, 5.41) is 2.94. The topological polar surface area (TPSA) is 47.6 Å². The summed E-state index contributed by atoms with van der Waals surface area (Å²) in [6, 6.07) is 7.44. The molecule has 0 spiro atoms. The zero-order valence-corrected chi connectivity index (χ0v) is 14.3. The van der Waals surface area contributed by atoms with E-state index in [1.54, 1.807) is 37.7 Å². The number of carbonyl (C=O) groups is 1. The number of carbonyl (C=O) groups excluding carboxylic acids is 1. The molecule has 122 valence electrons. The van der Waals surface area contributed by atoms with Crippen molar-refractivity contribution in [1.29, 1.82) is 0 Å². The van der Waals surface area contributed by atoms with E-state index < -0.39 is 0 Å². The van der Waals surface area contributed by atoms with Crippen molar-refractivity contribution in [2.24, 2.45) is 0 Å². The van der Waals surface area contributed by atoms with Crippen LogP contribution in [-0.2, 0) is 12.8 Å². The van der Waals surface area contributed by atoms with Gasteiger partial charge in [-0.05, 0) is 49.4 Å². The van der Waals surface area contributed by atoms with Crippen molar-refractivity contribution < 1.29 is 14.3 Å². The largest absolute Gasteiger partial charge is 0.493 e. The Bertz CT molecular complexity index is 685. The molecule has 0 bridgehead atoms. The van der Waals surface area contributed by atoms with E-state index in [1.807, 2.05) is 6.07 Å². The van der Waals surface area contributed by atoms with E-state index >= 15 is 0 Å². The summed E-state index contributed by atoms with van der Waals surface area (Å²) in [4.78, 5) is 14.7. The van der Waals surface area contributed by atoms with Crippen LogP contribution in [0.4, 0.5) is 5.69 Å². The van der Waals surface area contributed by atoms with Crippen LogP contribution in [-0.4, -0.2) is 20.1 Å². The summed E-state index contributed by atoms with van der Waals surface area (Å²) in [6.45, 7) is 0. The number of hydrogen-bond acceptors (Lipinski definition) is 4. The van der Waals surface area contributed by atoms with Gasteiger partial charge in [-0.1, -0.05) is 6.42 Å². The van der Waals surface area contributed by atoms with Gasteiger partial charge in [0.15, 0.2) is 11.5 Å². The molecular formula is C18H21NO3S. The fraction of sp³-hybridized carbons (Fsp3) is 0.389. The van der Waals surface area contributed by atoms with E-state index in [0.29, 0.717) is 17.2 Å². The van der Waals surface area contributed by atoms with Crippen LogP contribution in [0.2, 0.25) is 0 Å². The Hall–Kier alpha value is -2.01. The van der Waals surface area contributed by atoms with Crippen LogP contribution in [0.15, 0.2) is 24.3 Å². The first-order valence-corrected chi connectivity index (χ1v) is 8.68. The van der Waals surface area contributed by atoms with Crippen molar-refractivity contribution in [2.75, 3.05) is 19.5 Å². The number of hydrogen-bond donors (Lipinski definition) is 1. The van der Waals surface area contributed by atoms with Crippen molar-refractivity contribution >= 4 is 22.9 Å². The molecule has 3 rings (SSSR count). The predicted molar refractivity (Wildman–Crippen MR) is 93.1 cm³/mol. The van der Waals surface area contributed by atoms with Gasteiger partial charge >= 0.3 is 0 Å². The van der Waals surface area contributed by atoms with E-state index in [4.69, 9.17) is 9.47 Å². The minimum absolute atomic E-state index is 0.0599. The molecule has 1 aromatic carbocycles. The van der Waals surface area contributed by atoms with E-state index in [-0.39, 0.29) is 5.91 Å². The number of fused-ring (bicyclic) bond motifs is 1. The summed E-state index contributed by atoms with van der Waals surface area (Å²) in [5.41, 5.74) is 2.06. The SMILES string of the molecule is COc1ccc(NC(=O)c2cc3c(s2)CCCCC3)cc1OC. The summed E-state index contributed by atoms with van der Waals surface area (Å²) >= 11 is 1.63. The molecule has 0 aliphatic heterocycles. The molecule has 0 unspecified atom stereocenters. The standard InChI is InChI=1S/C18H21NO3S/c1-21-14-9-8-13(11-15(14)22-2)19-18(20)17-10-12-6-4-3-5-7-16(12)23-17/h8-11H,3-7H2,1-2H3,(H,19,20). The molecule has 23 heavy (non-hydrogen) atoms. The molecule has 0 fully saturated rings. The van der Waals surface area contributed by atoms with Crippen LogP contribution in [0.3, 0.4) is 0 Å². The van der Waals surface area contributed by atoms with E-state index in [1.165, 1.54) is 29.7 Å². The Morgan fingerprint density at radius 2 is 1.83 bits per heavy atom. The first kappa shape index (κ1) is 15.9. The highest BCUT2D eigenvalue weighted by Gasteiger charge is 2.17. The van der Waals surface area contributed by atoms with Crippen molar-refractivity contribution in [1.82, 2.24) is 0 Å². The van der Waals surface area contributed by atoms with Crippen LogP contribution in [0.1, 0.15) is 39.4 Å². The van der Waals surface area contributed by atoms with Gasteiger partial charge in [-0.3, -0.25) is 4.79 Å². The minimum atomic E-state index is -0.0599. The number of rotatable bonds is 4. The van der Waals surface area contributed by atoms with Gasteiger partial charge in [0.25, 0.3) is 5.91 Å². The summed E-state index contributed by atoms with van der Waals surface area (Å²) in [5.74, 6) is 1.19. The van der Waals surface area contributed by atoms with Gasteiger partial charge in [-0.25, -0.2) is 0 Å². The first-order valence-electron chi connectivity index (χ1n) is 7.86. The van der Waals surface area contributed by atoms with E-state index in [9.17, 15) is 4.79 Å². The maximum Gasteiger partial charge on any atom is 0.265 e. The fourth-order valence-electron chi connectivity index (χ4n) is 2.89. The van der Waals surface area contributed by atoms with Crippen molar-refractivity contribution in [3.63, 3.8) is 0 Å². The fourth-order valence-corrected chi connectivity index (χ4v) is 4.03. The zero-order valence-electron chi connectivity index (χ0n) is 13.5. The van der Waals surface area contributed by atoms with Crippen LogP contribution in [0.5, 0.6) is 11.5 Å². The number of methoxy groups -OCH3 is 2. The Kier molecular flexibility index (Phi) is 4.86. The lowest BCUT2D eigenvalue weighted by Crippen LogP contribution is -2.10. The lowest BCUT2D eigenvalue weighted by Gasteiger charge is -2.10. The van der Waals surface area contributed by atoms with Crippen LogP contribution in [0.25, 0.3) is 0 Å². The molecule has 2 aromatic rings. The molecule has 0 radical (unpaired) electrons. The van der Waals surface area contributed by atoms with Crippen LogP contribution in [0, 0.1) is 0 Å². The second-order valence-corrected chi connectivity index (χ2v) is 6.78. The maximum atomic E-state index is 12.5. The summed E-state index contributed by atoms with van der Waals surface area (Å²) in [7, 11) is 3.18. The molecule has 1 amide bonds. The summed E-state index contributed by atoms with van der Waals surface area (Å²) < 4.78 is 10.5. The average Bonchev–Trinajstić information content (AvgIpc) is 2.85. The minimum Gasteiger partial charge on any atom is -0.493 e. The highest BCUT2D eigenvalue weighted by atomic mass is 32.1. The molecule has 0 atom stereocenters. The molecule has 1 N–H and O–H groups in total. The first-order chi connectivity index (χ1) is 11.2. The quantitative estimate of drug-likeness (QED) is 0.850. The highest BCUT2D eigenvalue weighted by Crippen LogP contribution is 2.32. The lowest BCUT2D eigenvalue weighted by atomic mass is 10.1. The molecule has 1 aliphatic carbocycles. The van der Waals surface area contributed by atoms with Crippen molar-refractivity contribution in [3.8, 4) is 11.5 Å². The van der Waals surface area contributed by atoms with Gasteiger partial charge in [0.1, 0.15) is 0 Å². The van der Waals surface area contributed by atoms with Crippen LogP contribution < -0.4 is 14.8 Å². The Morgan fingerprint density at radius 1 is 1.04 bits per heavy atom. The van der Waals surface area contributed by atoms with Crippen molar-refractivity contribution in [2.45, 2.75) is 32.1 Å². The smallest absolute Gasteiger partial charge is 0.265 e. The number of nitrogens with one attached hydrogen (secondary N) is 1. The molecule has 1 aliphatic rings. The van der Waals surface area contributed by atoms with Gasteiger partial charge in [-0.15, -0.1) is 11.3 Å². The van der Waals surface area contributed by atoms with Gasteiger partial charge in [0.05, 0.1) is 19.1 Å². The summed E-state index contributed by atoms with van der Waals surface area (Å²) in [6.07, 6.45) is 5.93. The second-order valence-electron chi connectivity index (χ2n) is 5.64. The molecule has 1 heterocycles. The molecule has 5 heteroatoms. The number of anilines is 1. The molecular weight excluding hydrogens is 310 g/mol. The number of thiophene rings is 1. The number of amides is 1. The van der Waals surface area contributed by atoms with Gasteiger partial charge in [0, 0.05) is 16.6 Å². The predicted octanol–water partition coefficient (Wildman–Crippen LogP) is 4.29.